The summed E-state index contributed by atoms with van der Waals surface area (Å²) in [6.45, 7) is 20.1. The quantitative estimate of drug-likeness (QED) is 0.236. The van der Waals surface area contributed by atoms with Gasteiger partial charge in [0.1, 0.15) is 0 Å². The van der Waals surface area contributed by atoms with Crippen LogP contribution < -0.4 is 24.8 Å². The second kappa shape index (κ2) is 14.1. The molecule has 0 spiro atoms. The Balaban J connectivity index is 0.000000231. The van der Waals surface area contributed by atoms with E-state index >= 15 is 0 Å². The Labute approximate surface area is 293 Å². The number of aryl methyl sites for hydroxylation is 2. The molecule has 0 saturated heterocycles. The average Bonchev–Trinajstić information content (AvgIpc) is 3.63. The largest absolute Gasteiger partial charge is 1.00 e. The summed E-state index contributed by atoms with van der Waals surface area (Å²) in [5.41, 5.74) is 18.7. The van der Waals surface area contributed by atoms with E-state index in [1.807, 2.05) is 0 Å². The van der Waals surface area contributed by atoms with Crippen molar-refractivity contribution in [2.24, 2.45) is 0 Å². The molecular weight excluding hydrogens is 655 g/mol. The summed E-state index contributed by atoms with van der Waals surface area (Å²) >= 11 is 1.54. The van der Waals surface area contributed by atoms with E-state index in [-0.39, 0.29) is 35.6 Å². The molecule has 0 atom stereocenters. The van der Waals surface area contributed by atoms with Crippen LogP contribution in [0, 0.1) is 19.9 Å². The van der Waals surface area contributed by atoms with Crippen molar-refractivity contribution in [1.29, 1.82) is 0 Å². The van der Waals surface area contributed by atoms with Crippen molar-refractivity contribution >= 4 is 14.4 Å². The summed E-state index contributed by atoms with van der Waals surface area (Å²) < 4.78 is 1.55. The first-order valence-corrected chi connectivity index (χ1v) is 16.5. The van der Waals surface area contributed by atoms with Gasteiger partial charge in [-0.15, -0.1) is 11.6 Å². The summed E-state index contributed by atoms with van der Waals surface area (Å²) in [4.78, 5) is 0. The predicted molar refractivity (Wildman–Crippen MR) is 179 cm³/mol. The molecule has 0 radical (unpaired) electrons. The monoisotopic (exact) mass is 696 g/mol. The van der Waals surface area contributed by atoms with E-state index in [1.165, 1.54) is 103 Å². The smallest absolute Gasteiger partial charge is 0.0635 e. The van der Waals surface area contributed by atoms with Crippen LogP contribution in [0.3, 0.4) is 0 Å². The molecule has 0 nitrogen and oxygen atoms in total. The molecule has 0 N–H and O–H groups in total. The van der Waals surface area contributed by atoms with Crippen LogP contribution in [0.2, 0.25) is 0 Å². The van der Waals surface area contributed by atoms with Gasteiger partial charge in [-0.05, 0) is 58.4 Å². The second-order valence-electron chi connectivity index (χ2n) is 13.4. The molecule has 0 bridgehead atoms. The zero-order valence-electron chi connectivity index (χ0n) is 27.7. The van der Waals surface area contributed by atoms with E-state index in [9.17, 15) is 0 Å². The molecule has 3 aliphatic carbocycles. The molecule has 3 aliphatic rings. The van der Waals surface area contributed by atoms with Crippen molar-refractivity contribution < 1.29 is 49.0 Å². The first-order chi connectivity index (χ1) is 19.8. The zero-order chi connectivity index (χ0) is 30.4. The van der Waals surface area contributed by atoms with Crippen molar-refractivity contribution in [2.75, 3.05) is 0 Å². The minimum atomic E-state index is 0. The first-order valence-electron chi connectivity index (χ1n) is 15.3. The molecule has 0 aliphatic heterocycles. The van der Waals surface area contributed by atoms with E-state index in [1.54, 1.807) is 3.21 Å². The minimum Gasteiger partial charge on any atom is -1.00 e. The van der Waals surface area contributed by atoms with Crippen molar-refractivity contribution in [3.05, 3.63) is 135 Å². The molecule has 0 heterocycles. The Kier molecular flexibility index (Phi) is 11.6. The second-order valence-corrected chi connectivity index (χ2v) is 14.9. The fourth-order valence-corrected chi connectivity index (χ4v) is 7.25. The van der Waals surface area contributed by atoms with E-state index in [0.717, 1.165) is 6.42 Å². The van der Waals surface area contributed by atoms with Crippen molar-refractivity contribution in [2.45, 2.75) is 86.0 Å². The standard InChI is InChI=1S/C25H25.C9H10.C7H9.2ClH.Zr/c1-14-12-24(3,4)22-8-16-7-17-9-23-19(15(2)13-25(23,5)6)11-21(17)20(16)10-18(14)22;1-2-6-9-7-4-3-5-8-9;1-6-3-4-7(2)5-6;;;/h8-12H,7H2,1-6H3;3-5,7-8H,2H2,1H3;3-5H,1-2H3;2*1H;/q-1;;-1;;;+2/p-2. The van der Waals surface area contributed by atoms with Crippen LogP contribution in [0.4, 0.5) is 0 Å². The number of hydrogen-bond acceptors (Lipinski definition) is 0. The van der Waals surface area contributed by atoms with E-state index in [4.69, 9.17) is 0 Å². The van der Waals surface area contributed by atoms with Crippen molar-refractivity contribution in [3.63, 3.8) is 0 Å². The summed E-state index contributed by atoms with van der Waals surface area (Å²) in [6, 6.07) is 26.8. The zero-order valence-corrected chi connectivity index (χ0v) is 31.6. The maximum Gasteiger partial charge on any atom is -0.0635 e. The molecule has 0 fully saturated rings. The van der Waals surface area contributed by atoms with Crippen LogP contribution in [0.25, 0.3) is 22.3 Å². The maximum atomic E-state index is 3.65. The molecule has 44 heavy (non-hydrogen) atoms. The van der Waals surface area contributed by atoms with Crippen LogP contribution in [-0.2, 0) is 41.5 Å². The number of hydrogen-bond donors (Lipinski definition) is 0. The molecule has 4 aromatic carbocycles. The van der Waals surface area contributed by atoms with Gasteiger partial charge >= 0.3 is 76.7 Å². The Bertz CT molecular complexity index is 1630. The molecule has 0 aromatic heterocycles. The van der Waals surface area contributed by atoms with Gasteiger partial charge in [-0.3, -0.25) is 6.08 Å². The number of benzene rings is 3. The molecular formula is C41H44Cl2Zr-2. The van der Waals surface area contributed by atoms with Crippen LogP contribution >= 0.6 is 0 Å². The summed E-state index contributed by atoms with van der Waals surface area (Å²) in [6.07, 6.45) is 8.32. The van der Waals surface area contributed by atoms with Gasteiger partial charge in [0.05, 0.1) is 0 Å². The summed E-state index contributed by atoms with van der Waals surface area (Å²) in [7, 11) is 0. The third-order valence-corrected chi connectivity index (χ3v) is 10.6. The summed E-state index contributed by atoms with van der Waals surface area (Å²) in [5.74, 6) is 0. The number of halogens is 2. The third kappa shape index (κ3) is 7.28. The SMILES string of the molecule is CC1=[C-]C(C)(C)c2cc3c(cc21)-c1cc2c(cc1C3)C(C)(C)C=C2C.CC[C](=[Zr+2])c1ccccc1.Cc1c[cH-]c(C)c1.[Cl-].[Cl-]. The van der Waals surface area contributed by atoms with Gasteiger partial charge in [-0.25, -0.2) is 17.2 Å². The van der Waals surface area contributed by atoms with Gasteiger partial charge in [0.25, 0.3) is 0 Å². The van der Waals surface area contributed by atoms with Crippen molar-refractivity contribution in [3.8, 4) is 11.1 Å². The molecule has 228 valence electrons. The normalized spacial score (nSPS) is 15.3. The van der Waals surface area contributed by atoms with Gasteiger partial charge in [-0.2, -0.15) is 23.3 Å². The van der Waals surface area contributed by atoms with Crippen LogP contribution in [0.15, 0.2) is 78.9 Å². The van der Waals surface area contributed by atoms with E-state index in [0.29, 0.717) is 0 Å². The van der Waals surface area contributed by atoms with Crippen LogP contribution in [-0.4, -0.2) is 3.21 Å². The van der Waals surface area contributed by atoms with Crippen LogP contribution in [0.5, 0.6) is 0 Å². The third-order valence-electron chi connectivity index (χ3n) is 8.97. The minimum absolute atomic E-state index is 0. The molecule has 0 amide bonds. The molecule has 0 unspecified atom stereocenters. The van der Waals surface area contributed by atoms with Crippen LogP contribution in [0.1, 0.15) is 105 Å². The fraction of sp³-hybridized carbons (Fsp3) is 0.317. The number of fused-ring (bicyclic) bond motifs is 5. The predicted octanol–water partition coefficient (Wildman–Crippen LogP) is 4.64. The fourth-order valence-electron chi connectivity index (χ4n) is 6.84. The van der Waals surface area contributed by atoms with E-state index in [2.05, 4.69) is 147 Å². The van der Waals surface area contributed by atoms with E-state index < -0.39 is 0 Å². The maximum absolute atomic E-state index is 3.65. The van der Waals surface area contributed by atoms with Gasteiger partial charge in [0.15, 0.2) is 0 Å². The average molecular weight is 699 g/mol. The molecule has 0 saturated carbocycles. The van der Waals surface area contributed by atoms with Gasteiger partial charge in [0, 0.05) is 5.41 Å². The molecule has 3 heteroatoms. The Hall–Kier alpha value is -2.18. The van der Waals surface area contributed by atoms with Gasteiger partial charge < -0.3 is 24.8 Å². The number of rotatable bonds is 2. The Morgan fingerprint density at radius 1 is 0.795 bits per heavy atom. The Morgan fingerprint density at radius 3 is 1.91 bits per heavy atom. The molecule has 7 rings (SSSR count). The Morgan fingerprint density at radius 2 is 1.39 bits per heavy atom. The topological polar surface area (TPSA) is 0 Å². The van der Waals surface area contributed by atoms with Crippen molar-refractivity contribution in [1.82, 2.24) is 0 Å². The first kappa shape index (κ1) is 36.3. The summed E-state index contributed by atoms with van der Waals surface area (Å²) in [5, 5.41) is 0. The van der Waals surface area contributed by atoms with Gasteiger partial charge in [-0.1, -0.05) is 72.1 Å². The van der Waals surface area contributed by atoms with Gasteiger partial charge in [0.2, 0.25) is 0 Å². The number of allylic oxidation sites excluding steroid dienone is 4. The molecule has 4 aromatic rings.